The van der Waals surface area contributed by atoms with Gasteiger partial charge in [0.1, 0.15) is 23.7 Å². The third kappa shape index (κ3) is 3.06. The van der Waals surface area contributed by atoms with Gasteiger partial charge in [-0.1, -0.05) is 18.2 Å². The summed E-state index contributed by atoms with van der Waals surface area (Å²) in [6, 6.07) is 15.7. The fourth-order valence-electron chi connectivity index (χ4n) is 4.55. The minimum absolute atomic E-state index is 0.0508. The summed E-state index contributed by atoms with van der Waals surface area (Å²) in [6.45, 7) is 1.98. The Hall–Kier alpha value is -3.91. The molecule has 2 aromatic carbocycles. The Morgan fingerprint density at radius 1 is 1.18 bits per heavy atom. The van der Waals surface area contributed by atoms with Crippen molar-refractivity contribution in [3.63, 3.8) is 0 Å². The number of rotatable bonds is 3. The van der Waals surface area contributed by atoms with Gasteiger partial charge >= 0.3 is 5.91 Å². The Balaban J connectivity index is 1.52. The number of carbonyl (C=O) groups is 2. The molecular formula is C25H19N3O4S. The first kappa shape index (κ1) is 19.8. The minimum atomic E-state index is -0.783. The molecule has 2 N–H and O–H groups in total. The zero-order chi connectivity index (χ0) is 22.7. The van der Waals surface area contributed by atoms with E-state index >= 15 is 0 Å². The summed E-state index contributed by atoms with van der Waals surface area (Å²) in [5, 5.41) is 13.2. The number of H-pyrrole nitrogens is 1. The van der Waals surface area contributed by atoms with E-state index in [-0.39, 0.29) is 23.4 Å². The molecule has 0 bridgehead atoms. The number of aliphatic hydroxyl groups is 1. The Morgan fingerprint density at radius 2 is 2.03 bits per heavy atom. The zero-order valence-electron chi connectivity index (χ0n) is 17.6. The SMILES string of the molecule is CC1Cc2cc(/C(O)=C3\C(=O)C(=O)N(c4nc5ccccc5[nH]4)C3c3cccs3)ccc2O1. The number of anilines is 1. The number of aromatic nitrogens is 2. The highest BCUT2D eigenvalue weighted by atomic mass is 32.1. The topological polar surface area (TPSA) is 95.5 Å². The van der Waals surface area contributed by atoms with Crippen LogP contribution in [0.1, 0.15) is 29.0 Å². The quantitative estimate of drug-likeness (QED) is 0.267. The second-order valence-electron chi connectivity index (χ2n) is 8.22. The van der Waals surface area contributed by atoms with E-state index in [2.05, 4.69) is 9.97 Å². The molecule has 6 rings (SSSR count). The highest BCUT2D eigenvalue weighted by Crippen LogP contribution is 2.43. The zero-order valence-corrected chi connectivity index (χ0v) is 18.4. The standard InChI is InChI=1S/C25H19N3O4S/c1-13-11-15-12-14(8-9-18(15)32-13)22(29)20-21(19-7-4-10-33-19)28(24(31)23(20)30)25-26-16-5-2-3-6-17(16)27-25/h2-10,12-13,21,29H,11H2,1H3,(H,26,27)/b22-20+. The maximum Gasteiger partial charge on any atom is 0.302 e. The van der Waals surface area contributed by atoms with Gasteiger partial charge in [-0.3, -0.25) is 14.5 Å². The molecule has 8 heteroatoms. The fourth-order valence-corrected chi connectivity index (χ4v) is 5.37. The van der Waals surface area contributed by atoms with Crippen molar-refractivity contribution in [3.05, 3.63) is 81.6 Å². The molecule has 4 aromatic rings. The lowest BCUT2D eigenvalue weighted by Crippen LogP contribution is -2.30. The minimum Gasteiger partial charge on any atom is -0.507 e. The molecule has 0 radical (unpaired) electrons. The summed E-state index contributed by atoms with van der Waals surface area (Å²) in [7, 11) is 0. The predicted molar refractivity (Wildman–Crippen MR) is 125 cm³/mol. The summed E-state index contributed by atoms with van der Waals surface area (Å²) in [5.74, 6) is -0.625. The van der Waals surface area contributed by atoms with E-state index in [1.165, 1.54) is 16.2 Å². The number of imidazole rings is 1. The first-order valence-electron chi connectivity index (χ1n) is 10.6. The largest absolute Gasteiger partial charge is 0.507 e. The molecule has 0 aliphatic carbocycles. The van der Waals surface area contributed by atoms with Gasteiger partial charge in [0.2, 0.25) is 5.95 Å². The number of nitrogens with zero attached hydrogens (tertiary/aromatic N) is 2. The number of hydrogen-bond acceptors (Lipinski definition) is 6. The second kappa shape index (κ2) is 7.31. The van der Waals surface area contributed by atoms with Crippen molar-refractivity contribution >= 4 is 45.8 Å². The van der Waals surface area contributed by atoms with Crippen LogP contribution in [0, 0.1) is 0 Å². The summed E-state index contributed by atoms with van der Waals surface area (Å²) in [5.41, 5.74) is 2.94. The molecule has 0 spiro atoms. The van der Waals surface area contributed by atoms with Crippen LogP contribution in [-0.2, 0) is 16.0 Å². The summed E-state index contributed by atoms with van der Waals surface area (Å²) in [6.07, 6.45) is 0.778. The number of para-hydroxylation sites is 2. The number of ketones is 1. The Kier molecular flexibility index (Phi) is 4.38. The molecule has 0 saturated carbocycles. The predicted octanol–water partition coefficient (Wildman–Crippen LogP) is 4.57. The third-order valence-electron chi connectivity index (χ3n) is 6.03. The number of fused-ring (bicyclic) bond motifs is 2. The smallest absolute Gasteiger partial charge is 0.302 e. The average Bonchev–Trinajstić information content (AvgIpc) is 3.58. The van der Waals surface area contributed by atoms with Gasteiger partial charge in [0.05, 0.1) is 16.6 Å². The first-order valence-corrected chi connectivity index (χ1v) is 11.5. The summed E-state index contributed by atoms with van der Waals surface area (Å²) in [4.78, 5) is 36.3. The van der Waals surface area contributed by atoms with Crippen molar-refractivity contribution < 1.29 is 19.4 Å². The van der Waals surface area contributed by atoms with Crippen LogP contribution in [0.4, 0.5) is 5.95 Å². The average molecular weight is 458 g/mol. The number of carbonyl (C=O) groups excluding carboxylic acids is 2. The van der Waals surface area contributed by atoms with E-state index in [4.69, 9.17) is 4.74 Å². The number of ether oxygens (including phenoxy) is 1. The van der Waals surface area contributed by atoms with Gasteiger partial charge in [-0.25, -0.2) is 4.98 Å². The number of aliphatic hydroxyl groups excluding tert-OH is 1. The molecule has 1 saturated heterocycles. The van der Waals surface area contributed by atoms with Gasteiger partial charge in [0.15, 0.2) is 0 Å². The first-order chi connectivity index (χ1) is 16.0. The van der Waals surface area contributed by atoms with Gasteiger partial charge in [0.25, 0.3) is 5.78 Å². The number of Topliss-reactive ketones (excluding diaryl/α,β-unsaturated/α-hetero) is 1. The van der Waals surface area contributed by atoms with Crippen molar-refractivity contribution in [2.24, 2.45) is 0 Å². The number of nitrogens with one attached hydrogen (secondary N) is 1. The lowest BCUT2D eigenvalue weighted by molar-refractivity contribution is -0.132. The Morgan fingerprint density at radius 3 is 2.82 bits per heavy atom. The van der Waals surface area contributed by atoms with Crippen LogP contribution in [0.25, 0.3) is 16.8 Å². The van der Waals surface area contributed by atoms with Gasteiger partial charge in [-0.2, -0.15) is 0 Å². The lowest BCUT2D eigenvalue weighted by Gasteiger charge is -2.21. The number of benzene rings is 2. The van der Waals surface area contributed by atoms with Crippen LogP contribution >= 0.6 is 11.3 Å². The van der Waals surface area contributed by atoms with Crippen LogP contribution in [-0.4, -0.2) is 32.9 Å². The molecule has 7 nitrogen and oxygen atoms in total. The lowest BCUT2D eigenvalue weighted by atomic mass is 9.98. The van der Waals surface area contributed by atoms with Crippen molar-refractivity contribution in [2.75, 3.05) is 4.90 Å². The van der Waals surface area contributed by atoms with E-state index in [0.29, 0.717) is 11.1 Å². The maximum atomic E-state index is 13.2. The number of thiophene rings is 1. The molecule has 4 heterocycles. The van der Waals surface area contributed by atoms with E-state index in [9.17, 15) is 14.7 Å². The molecule has 33 heavy (non-hydrogen) atoms. The molecule has 2 aliphatic rings. The monoisotopic (exact) mass is 457 g/mol. The summed E-state index contributed by atoms with van der Waals surface area (Å²) >= 11 is 1.41. The van der Waals surface area contributed by atoms with E-state index < -0.39 is 17.7 Å². The second-order valence-corrected chi connectivity index (χ2v) is 9.20. The van der Waals surface area contributed by atoms with Crippen molar-refractivity contribution in [1.82, 2.24) is 9.97 Å². The highest BCUT2D eigenvalue weighted by molar-refractivity contribution is 7.10. The maximum absolute atomic E-state index is 13.2. The summed E-state index contributed by atoms with van der Waals surface area (Å²) < 4.78 is 5.75. The molecule has 164 valence electrons. The molecule has 2 unspecified atom stereocenters. The van der Waals surface area contributed by atoms with Crippen LogP contribution in [0.3, 0.4) is 0 Å². The number of amides is 1. The fraction of sp³-hybridized carbons (Fsp3) is 0.160. The Bertz CT molecular complexity index is 1420. The van der Waals surface area contributed by atoms with Crippen LogP contribution in [0.5, 0.6) is 5.75 Å². The molecule has 2 aromatic heterocycles. The normalized spacial score (nSPS) is 21.5. The van der Waals surface area contributed by atoms with Crippen molar-refractivity contribution in [3.8, 4) is 5.75 Å². The van der Waals surface area contributed by atoms with E-state index in [0.717, 1.165) is 28.1 Å². The van der Waals surface area contributed by atoms with Gasteiger partial charge in [-0.15, -0.1) is 11.3 Å². The van der Waals surface area contributed by atoms with E-state index in [1.54, 1.807) is 12.1 Å². The molecule has 1 amide bonds. The van der Waals surface area contributed by atoms with Gasteiger partial charge in [-0.05, 0) is 54.3 Å². The molecule has 1 fully saturated rings. The van der Waals surface area contributed by atoms with E-state index in [1.807, 2.05) is 54.8 Å². The van der Waals surface area contributed by atoms with Crippen LogP contribution in [0.15, 0.2) is 65.6 Å². The van der Waals surface area contributed by atoms with Gasteiger partial charge < -0.3 is 14.8 Å². The highest BCUT2D eigenvalue weighted by Gasteiger charge is 2.48. The van der Waals surface area contributed by atoms with Gasteiger partial charge in [0, 0.05) is 16.9 Å². The van der Waals surface area contributed by atoms with Crippen LogP contribution in [0.2, 0.25) is 0 Å². The molecular weight excluding hydrogens is 438 g/mol. The number of hydrogen-bond donors (Lipinski definition) is 2. The molecule has 2 aliphatic heterocycles. The molecule has 2 atom stereocenters. The van der Waals surface area contributed by atoms with Crippen molar-refractivity contribution in [1.29, 1.82) is 0 Å². The third-order valence-corrected chi connectivity index (χ3v) is 6.96. The Labute approximate surface area is 193 Å². The van der Waals surface area contributed by atoms with Crippen LogP contribution < -0.4 is 9.64 Å². The van der Waals surface area contributed by atoms with Crippen molar-refractivity contribution in [2.45, 2.75) is 25.5 Å². The number of aromatic amines is 1.